The highest BCUT2D eigenvalue weighted by atomic mass is 32.2. The van der Waals surface area contributed by atoms with E-state index < -0.39 is 0 Å². The number of carbonyl (C=O) groups excluding carboxylic acids is 1. The average Bonchev–Trinajstić information content (AvgIpc) is 2.68. The standard InChI is InChI=1S/C12H20N4OS/c1-9(8-16-11(3)13-10(2)14-16)12(17)15-4-6-18-7-5-15/h9H,4-8H2,1-3H3. The van der Waals surface area contributed by atoms with Crippen molar-refractivity contribution in [2.24, 2.45) is 5.92 Å². The van der Waals surface area contributed by atoms with Crippen molar-refractivity contribution in [2.45, 2.75) is 27.3 Å². The summed E-state index contributed by atoms with van der Waals surface area (Å²) in [4.78, 5) is 18.5. The molecule has 18 heavy (non-hydrogen) atoms. The number of hydrogen-bond acceptors (Lipinski definition) is 4. The van der Waals surface area contributed by atoms with E-state index in [1.165, 1.54) is 0 Å². The highest BCUT2D eigenvalue weighted by Gasteiger charge is 2.23. The van der Waals surface area contributed by atoms with E-state index in [0.29, 0.717) is 6.54 Å². The molecule has 100 valence electrons. The zero-order valence-electron chi connectivity index (χ0n) is 11.2. The van der Waals surface area contributed by atoms with Crippen LogP contribution in [0.5, 0.6) is 0 Å². The maximum Gasteiger partial charge on any atom is 0.227 e. The third-order valence-corrected chi connectivity index (χ3v) is 4.10. The van der Waals surface area contributed by atoms with Gasteiger partial charge in [0.05, 0.1) is 12.5 Å². The summed E-state index contributed by atoms with van der Waals surface area (Å²) in [5.74, 6) is 3.96. The van der Waals surface area contributed by atoms with E-state index in [1.807, 2.05) is 42.1 Å². The minimum Gasteiger partial charge on any atom is -0.341 e. The highest BCUT2D eigenvalue weighted by Crippen LogP contribution is 2.13. The molecule has 1 aromatic rings. The van der Waals surface area contributed by atoms with Gasteiger partial charge in [-0.15, -0.1) is 0 Å². The van der Waals surface area contributed by atoms with E-state index in [0.717, 1.165) is 36.2 Å². The molecular weight excluding hydrogens is 248 g/mol. The summed E-state index contributed by atoms with van der Waals surface area (Å²) in [6.07, 6.45) is 0. The molecule has 1 atom stereocenters. The smallest absolute Gasteiger partial charge is 0.227 e. The quantitative estimate of drug-likeness (QED) is 0.824. The second-order valence-electron chi connectivity index (χ2n) is 4.73. The Kier molecular flexibility index (Phi) is 4.27. The molecule has 1 aromatic heterocycles. The first kappa shape index (κ1) is 13.4. The molecule has 2 rings (SSSR count). The number of rotatable bonds is 3. The molecule has 1 unspecified atom stereocenters. The fourth-order valence-corrected chi connectivity index (χ4v) is 3.07. The second kappa shape index (κ2) is 5.73. The summed E-state index contributed by atoms with van der Waals surface area (Å²) in [6.45, 7) is 8.15. The van der Waals surface area contributed by atoms with Crippen molar-refractivity contribution in [3.05, 3.63) is 11.6 Å². The molecule has 1 aliphatic rings. The summed E-state index contributed by atoms with van der Waals surface area (Å²) in [6, 6.07) is 0. The summed E-state index contributed by atoms with van der Waals surface area (Å²) in [7, 11) is 0. The first-order valence-corrected chi connectivity index (χ1v) is 7.48. The topological polar surface area (TPSA) is 51.0 Å². The Balaban J connectivity index is 1.96. The van der Waals surface area contributed by atoms with Crippen molar-refractivity contribution in [3.8, 4) is 0 Å². The normalized spacial score (nSPS) is 17.8. The zero-order chi connectivity index (χ0) is 13.1. The lowest BCUT2D eigenvalue weighted by Gasteiger charge is -2.29. The van der Waals surface area contributed by atoms with Gasteiger partial charge >= 0.3 is 0 Å². The first-order chi connectivity index (χ1) is 8.58. The summed E-state index contributed by atoms with van der Waals surface area (Å²) >= 11 is 1.92. The van der Waals surface area contributed by atoms with Crippen LogP contribution in [0.15, 0.2) is 0 Å². The third kappa shape index (κ3) is 3.04. The van der Waals surface area contributed by atoms with Crippen molar-refractivity contribution in [1.82, 2.24) is 19.7 Å². The van der Waals surface area contributed by atoms with E-state index in [1.54, 1.807) is 0 Å². The molecule has 6 heteroatoms. The summed E-state index contributed by atoms with van der Waals surface area (Å²) < 4.78 is 1.83. The Labute approximate surface area is 112 Å². The van der Waals surface area contributed by atoms with Gasteiger partial charge in [0.2, 0.25) is 5.91 Å². The van der Waals surface area contributed by atoms with Crippen LogP contribution in [0.4, 0.5) is 0 Å². The Morgan fingerprint density at radius 1 is 1.39 bits per heavy atom. The number of amides is 1. The molecule has 0 saturated carbocycles. The number of thioether (sulfide) groups is 1. The van der Waals surface area contributed by atoms with Crippen LogP contribution in [-0.4, -0.2) is 50.2 Å². The molecule has 0 aromatic carbocycles. The molecule has 0 bridgehead atoms. The summed E-state index contributed by atoms with van der Waals surface area (Å²) in [5, 5.41) is 4.31. The van der Waals surface area contributed by atoms with Crippen molar-refractivity contribution in [1.29, 1.82) is 0 Å². The van der Waals surface area contributed by atoms with E-state index in [9.17, 15) is 4.79 Å². The van der Waals surface area contributed by atoms with Crippen LogP contribution in [0.1, 0.15) is 18.6 Å². The lowest BCUT2D eigenvalue weighted by Crippen LogP contribution is -2.42. The molecule has 1 amide bonds. The average molecular weight is 268 g/mol. The molecule has 5 nitrogen and oxygen atoms in total. The minimum atomic E-state index is -0.0344. The highest BCUT2D eigenvalue weighted by molar-refractivity contribution is 7.99. The number of carbonyl (C=O) groups is 1. The van der Waals surface area contributed by atoms with Gasteiger partial charge in [-0.2, -0.15) is 16.9 Å². The van der Waals surface area contributed by atoms with Crippen molar-refractivity contribution >= 4 is 17.7 Å². The van der Waals surface area contributed by atoms with Crippen molar-refractivity contribution in [3.63, 3.8) is 0 Å². The minimum absolute atomic E-state index is 0.0344. The Morgan fingerprint density at radius 3 is 2.61 bits per heavy atom. The molecule has 0 radical (unpaired) electrons. The molecular formula is C12H20N4OS. The van der Waals surface area contributed by atoms with Crippen LogP contribution in [0, 0.1) is 19.8 Å². The lowest BCUT2D eigenvalue weighted by atomic mass is 10.1. The molecule has 0 spiro atoms. The Bertz CT molecular complexity index is 426. The van der Waals surface area contributed by atoms with Crippen molar-refractivity contribution < 1.29 is 4.79 Å². The van der Waals surface area contributed by atoms with Gasteiger partial charge in [-0.05, 0) is 13.8 Å². The van der Waals surface area contributed by atoms with Gasteiger partial charge in [-0.25, -0.2) is 9.67 Å². The van der Waals surface area contributed by atoms with Crippen molar-refractivity contribution in [2.75, 3.05) is 24.6 Å². The van der Waals surface area contributed by atoms with Crippen LogP contribution in [-0.2, 0) is 11.3 Å². The van der Waals surface area contributed by atoms with Gasteiger partial charge in [0.15, 0.2) is 0 Å². The van der Waals surface area contributed by atoms with Crippen LogP contribution in [0.25, 0.3) is 0 Å². The van der Waals surface area contributed by atoms with Gasteiger partial charge in [-0.3, -0.25) is 4.79 Å². The molecule has 1 fully saturated rings. The van der Waals surface area contributed by atoms with Gasteiger partial charge in [0.25, 0.3) is 0 Å². The zero-order valence-corrected chi connectivity index (χ0v) is 12.0. The molecule has 1 aliphatic heterocycles. The number of aromatic nitrogens is 3. The van der Waals surface area contributed by atoms with Crippen LogP contribution < -0.4 is 0 Å². The molecule has 0 N–H and O–H groups in total. The number of aryl methyl sites for hydroxylation is 2. The number of nitrogens with zero attached hydrogens (tertiary/aromatic N) is 4. The third-order valence-electron chi connectivity index (χ3n) is 3.15. The predicted molar refractivity (Wildman–Crippen MR) is 72.6 cm³/mol. The van der Waals surface area contributed by atoms with E-state index in [4.69, 9.17) is 0 Å². The SMILES string of the molecule is Cc1nc(C)n(CC(C)C(=O)N2CCSCC2)n1. The van der Waals surface area contributed by atoms with Gasteiger partial charge in [-0.1, -0.05) is 6.92 Å². The molecule has 2 heterocycles. The molecule has 0 aliphatic carbocycles. The van der Waals surface area contributed by atoms with Gasteiger partial charge in [0.1, 0.15) is 11.6 Å². The fraction of sp³-hybridized carbons (Fsp3) is 0.750. The Hall–Kier alpha value is -1.04. The monoisotopic (exact) mass is 268 g/mol. The van der Waals surface area contributed by atoms with Crippen LogP contribution >= 0.6 is 11.8 Å². The number of hydrogen-bond donors (Lipinski definition) is 0. The van der Waals surface area contributed by atoms with Crippen LogP contribution in [0.2, 0.25) is 0 Å². The fourth-order valence-electron chi connectivity index (χ4n) is 2.17. The molecule has 1 saturated heterocycles. The summed E-state index contributed by atoms with van der Waals surface area (Å²) in [5.41, 5.74) is 0. The van der Waals surface area contributed by atoms with Gasteiger partial charge < -0.3 is 4.90 Å². The van der Waals surface area contributed by atoms with Gasteiger partial charge in [0, 0.05) is 24.6 Å². The Morgan fingerprint density at radius 2 is 2.06 bits per heavy atom. The van der Waals surface area contributed by atoms with E-state index in [-0.39, 0.29) is 11.8 Å². The maximum atomic E-state index is 12.3. The predicted octanol–water partition coefficient (Wildman–Crippen LogP) is 1.11. The first-order valence-electron chi connectivity index (χ1n) is 6.32. The second-order valence-corrected chi connectivity index (χ2v) is 5.95. The maximum absolute atomic E-state index is 12.3. The lowest BCUT2D eigenvalue weighted by molar-refractivity contribution is -0.135. The largest absolute Gasteiger partial charge is 0.341 e. The van der Waals surface area contributed by atoms with E-state index >= 15 is 0 Å². The van der Waals surface area contributed by atoms with Crippen LogP contribution in [0.3, 0.4) is 0 Å². The van der Waals surface area contributed by atoms with E-state index in [2.05, 4.69) is 10.1 Å².